The van der Waals surface area contributed by atoms with E-state index in [4.69, 9.17) is 4.52 Å². The van der Waals surface area contributed by atoms with E-state index in [9.17, 15) is 17.6 Å². The van der Waals surface area contributed by atoms with Gasteiger partial charge in [0.15, 0.2) is 11.8 Å². The van der Waals surface area contributed by atoms with Gasteiger partial charge in [-0.05, 0) is 17.7 Å². The van der Waals surface area contributed by atoms with Crippen molar-refractivity contribution >= 4 is 29.9 Å². The summed E-state index contributed by atoms with van der Waals surface area (Å²) in [5, 5.41) is 9.58. The number of guanidine groups is 1. The summed E-state index contributed by atoms with van der Waals surface area (Å²) in [4.78, 5) is 8.18. The molecule has 0 spiro atoms. The summed E-state index contributed by atoms with van der Waals surface area (Å²) in [6.07, 6.45) is -4.20. The van der Waals surface area contributed by atoms with Crippen molar-refractivity contribution in [2.24, 2.45) is 4.99 Å². The van der Waals surface area contributed by atoms with E-state index in [-0.39, 0.29) is 42.0 Å². The zero-order valence-electron chi connectivity index (χ0n) is 15.6. The van der Waals surface area contributed by atoms with Crippen molar-refractivity contribution in [3.05, 3.63) is 46.9 Å². The fourth-order valence-electron chi connectivity index (χ4n) is 2.26. The lowest BCUT2D eigenvalue weighted by Gasteiger charge is -2.15. The number of nitrogens with one attached hydrogen (secondary N) is 2. The predicted octanol–water partition coefficient (Wildman–Crippen LogP) is 3.88. The molecule has 0 fully saturated rings. The Balaban J connectivity index is 0.00000392. The molecule has 0 saturated heterocycles. The second-order valence-corrected chi connectivity index (χ2v) is 6.10. The van der Waals surface area contributed by atoms with Gasteiger partial charge in [-0.25, -0.2) is 4.39 Å². The Kier molecular flexibility index (Phi) is 9.11. The summed E-state index contributed by atoms with van der Waals surface area (Å²) in [5.41, 5.74) is -1.09. The molecule has 0 saturated carbocycles. The molecule has 0 radical (unpaired) electrons. The van der Waals surface area contributed by atoms with E-state index in [0.717, 1.165) is 12.1 Å². The number of aromatic nitrogens is 2. The summed E-state index contributed by atoms with van der Waals surface area (Å²) >= 11 is 0. The maximum absolute atomic E-state index is 13.1. The summed E-state index contributed by atoms with van der Waals surface area (Å²) in [7, 11) is 1.49. The molecule has 11 heteroatoms. The van der Waals surface area contributed by atoms with Crippen LogP contribution in [0.4, 0.5) is 17.6 Å². The van der Waals surface area contributed by atoms with Gasteiger partial charge in [-0.15, -0.1) is 24.0 Å². The lowest BCUT2D eigenvalue weighted by Crippen LogP contribution is -2.38. The molecule has 2 rings (SSSR count). The van der Waals surface area contributed by atoms with E-state index in [0.29, 0.717) is 36.7 Å². The average Bonchev–Trinajstić information content (AvgIpc) is 3.07. The largest absolute Gasteiger partial charge is 0.416 e. The van der Waals surface area contributed by atoms with Crippen LogP contribution >= 0.6 is 24.0 Å². The Bertz CT molecular complexity index is 792. The van der Waals surface area contributed by atoms with Crippen LogP contribution in [0.3, 0.4) is 0 Å². The maximum Gasteiger partial charge on any atom is 0.416 e. The second-order valence-electron chi connectivity index (χ2n) is 6.10. The first kappa shape index (κ1) is 24.1. The highest BCUT2D eigenvalue weighted by Crippen LogP contribution is 2.32. The minimum Gasteiger partial charge on any atom is -0.356 e. The van der Waals surface area contributed by atoms with Crippen molar-refractivity contribution in [1.29, 1.82) is 0 Å². The number of rotatable bonds is 6. The maximum atomic E-state index is 13.1. The normalized spacial score (nSPS) is 12.1. The first-order valence-electron chi connectivity index (χ1n) is 8.33. The van der Waals surface area contributed by atoms with Crippen LogP contribution in [-0.2, 0) is 19.1 Å². The summed E-state index contributed by atoms with van der Waals surface area (Å²) in [6.45, 7) is 4.13. The molecule has 2 aromatic rings. The molecule has 0 unspecified atom stereocenters. The number of benzene rings is 1. The zero-order valence-corrected chi connectivity index (χ0v) is 17.9. The second kappa shape index (κ2) is 10.6. The fraction of sp³-hybridized carbons (Fsp3) is 0.471. The van der Waals surface area contributed by atoms with Crippen LogP contribution in [0.15, 0.2) is 27.7 Å². The Labute approximate surface area is 177 Å². The van der Waals surface area contributed by atoms with E-state index >= 15 is 0 Å². The van der Waals surface area contributed by atoms with E-state index in [2.05, 4.69) is 25.8 Å². The summed E-state index contributed by atoms with van der Waals surface area (Å²) in [5.74, 6) is 0.594. The van der Waals surface area contributed by atoms with Crippen LogP contribution in [0.2, 0.25) is 0 Å². The average molecular weight is 515 g/mol. The molecule has 1 heterocycles. The Hall–Kier alpha value is -1.92. The minimum absolute atomic E-state index is 0. The van der Waals surface area contributed by atoms with Gasteiger partial charge in [-0.2, -0.15) is 18.2 Å². The topological polar surface area (TPSA) is 75.3 Å². The quantitative estimate of drug-likeness (QED) is 0.265. The van der Waals surface area contributed by atoms with Crippen molar-refractivity contribution in [2.45, 2.75) is 38.9 Å². The SMILES string of the molecule is CN=C(NCCc1nc(C(C)C)no1)NCc1ccc(F)cc1C(F)(F)F.I. The molecular formula is C17H22F4IN5O. The Morgan fingerprint density at radius 1 is 1.25 bits per heavy atom. The molecule has 1 aromatic heterocycles. The third kappa shape index (κ3) is 6.91. The standard InChI is InChI=1S/C17H21F4N5O.HI/c1-10(2)15-25-14(27-26-15)6-7-23-16(22-3)24-9-11-4-5-12(18)8-13(11)17(19,20)21;/h4-5,8,10H,6-7,9H2,1-3H3,(H2,22,23,24);1H. The zero-order chi connectivity index (χ0) is 20.0. The molecular weight excluding hydrogens is 493 g/mol. The van der Waals surface area contributed by atoms with E-state index in [1.807, 2.05) is 13.8 Å². The van der Waals surface area contributed by atoms with Crippen LogP contribution in [-0.4, -0.2) is 29.7 Å². The number of nitrogens with zero attached hydrogens (tertiary/aromatic N) is 3. The highest BCUT2D eigenvalue weighted by atomic mass is 127. The first-order valence-corrected chi connectivity index (χ1v) is 8.33. The van der Waals surface area contributed by atoms with Crippen molar-refractivity contribution < 1.29 is 22.1 Å². The van der Waals surface area contributed by atoms with Gasteiger partial charge in [0, 0.05) is 32.5 Å². The Morgan fingerprint density at radius 2 is 1.96 bits per heavy atom. The summed E-state index contributed by atoms with van der Waals surface area (Å²) in [6, 6.07) is 2.57. The minimum atomic E-state index is -4.64. The van der Waals surface area contributed by atoms with Crippen LogP contribution in [0.1, 0.15) is 42.6 Å². The van der Waals surface area contributed by atoms with Crippen molar-refractivity contribution in [3.8, 4) is 0 Å². The lowest BCUT2D eigenvalue weighted by atomic mass is 10.1. The predicted molar refractivity (Wildman–Crippen MR) is 107 cm³/mol. The van der Waals surface area contributed by atoms with Gasteiger partial charge in [0.05, 0.1) is 5.56 Å². The first-order chi connectivity index (χ1) is 12.7. The van der Waals surface area contributed by atoms with Gasteiger partial charge >= 0.3 is 6.18 Å². The third-order valence-electron chi connectivity index (χ3n) is 3.68. The van der Waals surface area contributed by atoms with Gasteiger partial charge in [-0.1, -0.05) is 25.1 Å². The van der Waals surface area contributed by atoms with E-state index < -0.39 is 17.6 Å². The molecule has 0 aliphatic rings. The van der Waals surface area contributed by atoms with E-state index in [1.165, 1.54) is 7.05 Å². The molecule has 28 heavy (non-hydrogen) atoms. The highest BCUT2D eigenvalue weighted by Gasteiger charge is 2.33. The molecule has 0 bridgehead atoms. The monoisotopic (exact) mass is 515 g/mol. The van der Waals surface area contributed by atoms with Gasteiger partial charge in [0.25, 0.3) is 0 Å². The van der Waals surface area contributed by atoms with Crippen molar-refractivity contribution in [2.75, 3.05) is 13.6 Å². The van der Waals surface area contributed by atoms with Crippen molar-refractivity contribution in [3.63, 3.8) is 0 Å². The molecule has 156 valence electrons. The summed E-state index contributed by atoms with van der Waals surface area (Å²) < 4.78 is 57.3. The molecule has 0 aliphatic carbocycles. The molecule has 0 amide bonds. The van der Waals surface area contributed by atoms with Crippen LogP contribution in [0.25, 0.3) is 0 Å². The number of alkyl halides is 3. The molecule has 0 aliphatic heterocycles. The number of hydrogen-bond acceptors (Lipinski definition) is 4. The molecule has 0 atom stereocenters. The third-order valence-corrected chi connectivity index (χ3v) is 3.68. The van der Waals surface area contributed by atoms with Crippen molar-refractivity contribution in [1.82, 2.24) is 20.8 Å². The van der Waals surface area contributed by atoms with Crippen LogP contribution in [0.5, 0.6) is 0 Å². The Morgan fingerprint density at radius 3 is 2.54 bits per heavy atom. The van der Waals surface area contributed by atoms with E-state index in [1.54, 1.807) is 0 Å². The van der Waals surface area contributed by atoms with Gasteiger partial charge in [-0.3, -0.25) is 4.99 Å². The van der Waals surface area contributed by atoms with Gasteiger partial charge in [0.1, 0.15) is 5.82 Å². The molecule has 1 aromatic carbocycles. The van der Waals surface area contributed by atoms with Crippen LogP contribution < -0.4 is 10.6 Å². The molecule has 2 N–H and O–H groups in total. The number of hydrogen-bond donors (Lipinski definition) is 2. The highest BCUT2D eigenvalue weighted by molar-refractivity contribution is 14.0. The van der Waals surface area contributed by atoms with Gasteiger partial charge < -0.3 is 15.2 Å². The van der Waals surface area contributed by atoms with Crippen LogP contribution in [0, 0.1) is 5.82 Å². The fourth-order valence-corrected chi connectivity index (χ4v) is 2.26. The molecule has 6 nitrogen and oxygen atoms in total. The number of aliphatic imine (C=N–C) groups is 1. The number of halogens is 5. The lowest BCUT2D eigenvalue weighted by molar-refractivity contribution is -0.138. The smallest absolute Gasteiger partial charge is 0.356 e. The van der Waals surface area contributed by atoms with Gasteiger partial charge in [0.2, 0.25) is 5.89 Å².